The molecule has 2 aromatic rings. The zero-order valence-corrected chi connectivity index (χ0v) is 13.0. The highest BCUT2D eigenvalue weighted by Gasteiger charge is 2.28. The summed E-state index contributed by atoms with van der Waals surface area (Å²) in [6.07, 6.45) is 4.93. The van der Waals surface area contributed by atoms with E-state index in [2.05, 4.69) is 52.6 Å². The summed E-state index contributed by atoms with van der Waals surface area (Å²) >= 11 is 0. The SMILES string of the molecule is CC1CC(Nc2cnn(CCO)c2)CN1Cc1ccccc1. The molecular weight excluding hydrogens is 276 g/mol. The van der Waals surface area contributed by atoms with E-state index in [1.807, 2.05) is 12.4 Å². The van der Waals surface area contributed by atoms with E-state index < -0.39 is 0 Å². The van der Waals surface area contributed by atoms with Crippen molar-refractivity contribution in [2.75, 3.05) is 18.5 Å². The summed E-state index contributed by atoms with van der Waals surface area (Å²) in [7, 11) is 0. The van der Waals surface area contributed by atoms with Crippen LogP contribution in [0.2, 0.25) is 0 Å². The Balaban J connectivity index is 1.55. The number of aromatic nitrogens is 2. The number of aliphatic hydroxyl groups excluding tert-OH is 1. The average Bonchev–Trinajstić information content (AvgIpc) is 3.08. The Morgan fingerprint density at radius 3 is 2.91 bits per heavy atom. The van der Waals surface area contributed by atoms with Crippen molar-refractivity contribution in [3.63, 3.8) is 0 Å². The molecule has 1 aliphatic heterocycles. The number of rotatable bonds is 6. The Bertz CT molecular complexity index is 583. The van der Waals surface area contributed by atoms with Gasteiger partial charge in [-0.2, -0.15) is 5.10 Å². The number of likely N-dealkylation sites (tertiary alicyclic amines) is 1. The fourth-order valence-electron chi connectivity index (χ4n) is 3.14. The van der Waals surface area contributed by atoms with Crippen LogP contribution in [0.1, 0.15) is 18.9 Å². The maximum absolute atomic E-state index is 8.93. The van der Waals surface area contributed by atoms with Gasteiger partial charge in [0.1, 0.15) is 0 Å². The van der Waals surface area contributed by atoms with E-state index in [1.54, 1.807) is 4.68 Å². The van der Waals surface area contributed by atoms with Crippen LogP contribution in [0.4, 0.5) is 5.69 Å². The van der Waals surface area contributed by atoms with Gasteiger partial charge in [0.15, 0.2) is 0 Å². The van der Waals surface area contributed by atoms with Crippen LogP contribution < -0.4 is 5.32 Å². The number of benzene rings is 1. The van der Waals surface area contributed by atoms with Crippen molar-refractivity contribution in [3.8, 4) is 0 Å². The molecule has 0 radical (unpaired) electrons. The lowest BCUT2D eigenvalue weighted by Crippen LogP contribution is -2.28. The topological polar surface area (TPSA) is 53.3 Å². The molecule has 3 rings (SSSR count). The van der Waals surface area contributed by atoms with E-state index in [9.17, 15) is 0 Å². The standard InChI is InChI=1S/C17H24N4O/c1-14-9-16(19-17-10-18-21(13-17)7-8-22)12-20(14)11-15-5-3-2-4-6-15/h2-6,10,13-14,16,19,22H,7-9,11-12H2,1H3. The van der Waals surface area contributed by atoms with E-state index in [4.69, 9.17) is 5.11 Å². The van der Waals surface area contributed by atoms with Crippen molar-refractivity contribution < 1.29 is 5.11 Å². The number of hydrogen-bond acceptors (Lipinski definition) is 4. The van der Waals surface area contributed by atoms with Gasteiger partial charge in [0.25, 0.3) is 0 Å². The molecule has 0 amide bonds. The summed E-state index contributed by atoms with van der Waals surface area (Å²) in [5.41, 5.74) is 2.40. The Kier molecular flexibility index (Phi) is 4.75. The molecule has 2 atom stereocenters. The van der Waals surface area contributed by atoms with Gasteiger partial charge in [0.05, 0.1) is 25.0 Å². The first-order valence-corrected chi connectivity index (χ1v) is 7.92. The average molecular weight is 300 g/mol. The lowest BCUT2D eigenvalue weighted by atomic mass is 10.2. The summed E-state index contributed by atoms with van der Waals surface area (Å²) < 4.78 is 1.77. The van der Waals surface area contributed by atoms with Crippen LogP contribution in [-0.2, 0) is 13.1 Å². The minimum absolute atomic E-state index is 0.117. The van der Waals surface area contributed by atoms with Crippen LogP contribution in [0.5, 0.6) is 0 Å². The second-order valence-electron chi connectivity index (χ2n) is 6.06. The molecule has 2 N–H and O–H groups in total. The molecule has 1 fully saturated rings. The highest BCUT2D eigenvalue weighted by Crippen LogP contribution is 2.23. The number of nitrogens with zero attached hydrogens (tertiary/aromatic N) is 3. The summed E-state index contributed by atoms with van der Waals surface area (Å²) in [6, 6.07) is 11.7. The maximum atomic E-state index is 8.93. The lowest BCUT2D eigenvalue weighted by Gasteiger charge is -2.20. The quantitative estimate of drug-likeness (QED) is 0.856. The summed E-state index contributed by atoms with van der Waals surface area (Å²) in [4.78, 5) is 2.52. The number of hydrogen-bond donors (Lipinski definition) is 2. The van der Waals surface area contributed by atoms with E-state index in [0.717, 1.165) is 25.2 Å². The van der Waals surface area contributed by atoms with Crippen molar-refractivity contribution in [3.05, 3.63) is 48.3 Å². The molecule has 1 aliphatic rings. The zero-order chi connectivity index (χ0) is 15.4. The van der Waals surface area contributed by atoms with Crippen LogP contribution in [0.25, 0.3) is 0 Å². The van der Waals surface area contributed by atoms with Crippen molar-refractivity contribution in [2.45, 2.75) is 38.5 Å². The molecule has 0 aliphatic carbocycles. The maximum Gasteiger partial charge on any atom is 0.0729 e. The first-order valence-electron chi connectivity index (χ1n) is 7.92. The van der Waals surface area contributed by atoms with Gasteiger partial charge in [-0.05, 0) is 18.9 Å². The predicted octanol–water partition coefficient (Wildman–Crippen LogP) is 1.95. The molecule has 22 heavy (non-hydrogen) atoms. The van der Waals surface area contributed by atoms with Crippen molar-refractivity contribution >= 4 is 5.69 Å². The van der Waals surface area contributed by atoms with Gasteiger partial charge >= 0.3 is 0 Å². The van der Waals surface area contributed by atoms with Gasteiger partial charge in [-0.25, -0.2) is 0 Å². The molecule has 1 aromatic heterocycles. The van der Waals surface area contributed by atoms with E-state index in [1.165, 1.54) is 5.56 Å². The van der Waals surface area contributed by atoms with Gasteiger partial charge in [0, 0.05) is 31.4 Å². The highest BCUT2D eigenvalue weighted by molar-refractivity contribution is 5.39. The third kappa shape index (κ3) is 3.67. The minimum Gasteiger partial charge on any atom is -0.394 e. The third-order valence-corrected chi connectivity index (χ3v) is 4.27. The van der Waals surface area contributed by atoms with E-state index in [0.29, 0.717) is 18.6 Å². The Morgan fingerprint density at radius 2 is 2.14 bits per heavy atom. The zero-order valence-electron chi connectivity index (χ0n) is 13.0. The van der Waals surface area contributed by atoms with Crippen molar-refractivity contribution in [1.82, 2.24) is 14.7 Å². The molecule has 0 spiro atoms. The summed E-state index contributed by atoms with van der Waals surface area (Å²) in [6.45, 7) is 5.00. The summed E-state index contributed by atoms with van der Waals surface area (Å²) in [5.74, 6) is 0. The second kappa shape index (κ2) is 6.94. The van der Waals surface area contributed by atoms with E-state index >= 15 is 0 Å². The molecule has 5 nitrogen and oxygen atoms in total. The van der Waals surface area contributed by atoms with Gasteiger partial charge in [0.2, 0.25) is 0 Å². The van der Waals surface area contributed by atoms with Gasteiger partial charge in [-0.15, -0.1) is 0 Å². The fraction of sp³-hybridized carbons (Fsp3) is 0.471. The minimum atomic E-state index is 0.117. The molecule has 2 heterocycles. The molecule has 0 saturated carbocycles. The Hall–Kier alpha value is -1.85. The molecule has 1 aromatic carbocycles. The Morgan fingerprint density at radius 1 is 1.32 bits per heavy atom. The number of nitrogens with one attached hydrogen (secondary N) is 1. The first-order chi connectivity index (χ1) is 10.7. The molecule has 2 unspecified atom stereocenters. The summed E-state index contributed by atoms with van der Waals surface area (Å²) in [5, 5.41) is 16.7. The number of aliphatic hydroxyl groups is 1. The molecular formula is C17H24N4O. The Labute approximate surface area is 131 Å². The molecule has 5 heteroatoms. The second-order valence-corrected chi connectivity index (χ2v) is 6.06. The van der Waals surface area contributed by atoms with Crippen LogP contribution in [0.3, 0.4) is 0 Å². The molecule has 1 saturated heterocycles. The van der Waals surface area contributed by atoms with Crippen molar-refractivity contribution in [1.29, 1.82) is 0 Å². The first kappa shape index (κ1) is 15.1. The smallest absolute Gasteiger partial charge is 0.0729 e. The highest BCUT2D eigenvalue weighted by atomic mass is 16.3. The third-order valence-electron chi connectivity index (χ3n) is 4.27. The predicted molar refractivity (Wildman–Crippen MR) is 87.7 cm³/mol. The van der Waals surface area contributed by atoms with Crippen LogP contribution in [-0.4, -0.2) is 45.0 Å². The van der Waals surface area contributed by atoms with Crippen LogP contribution in [0.15, 0.2) is 42.7 Å². The fourth-order valence-corrected chi connectivity index (χ4v) is 3.14. The number of anilines is 1. The van der Waals surface area contributed by atoms with Gasteiger partial charge < -0.3 is 10.4 Å². The van der Waals surface area contributed by atoms with E-state index in [-0.39, 0.29) is 6.61 Å². The van der Waals surface area contributed by atoms with Gasteiger partial charge in [-0.1, -0.05) is 30.3 Å². The van der Waals surface area contributed by atoms with Crippen LogP contribution >= 0.6 is 0 Å². The van der Waals surface area contributed by atoms with Gasteiger partial charge in [-0.3, -0.25) is 9.58 Å². The lowest BCUT2D eigenvalue weighted by molar-refractivity contribution is 0.259. The normalized spacial score (nSPS) is 22.1. The monoisotopic (exact) mass is 300 g/mol. The van der Waals surface area contributed by atoms with Crippen LogP contribution in [0, 0.1) is 0 Å². The molecule has 118 valence electrons. The largest absolute Gasteiger partial charge is 0.394 e. The van der Waals surface area contributed by atoms with Crippen molar-refractivity contribution in [2.24, 2.45) is 0 Å². The molecule has 0 bridgehead atoms.